The molecule has 1 unspecified atom stereocenters. The summed E-state index contributed by atoms with van der Waals surface area (Å²) < 4.78 is 6.04. The standard InChI is InChI=1S/C24H24N2O3S.ClH/c27-19(22-10-5-15-30-22)16-25-11-13-26(14-12-25)24(28)23-17-6-1-3-8-20(17)29-21-9-4-2-7-18(21)23;/h1-10,15,19,23,27H,11-14,16H2;1H. The van der Waals surface area contributed by atoms with Crippen LogP contribution in [0.1, 0.15) is 28.0 Å². The Kier molecular flexibility index (Phi) is 6.62. The number of benzene rings is 2. The fourth-order valence-corrected chi connectivity index (χ4v) is 5.03. The normalized spacial score (nSPS) is 17.1. The number of hydrogen-bond acceptors (Lipinski definition) is 5. The van der Waals surface area contributed by atoms with Crippen LogP contribution in [0, 0.1) is 0 Å². The van der Waals surface area contributed by atoms with E-state index in [1.807, 2.05) is 70.9 Å². The Bertz CT molecular complexity index is 989. The number of rotatable bonds is 4. The van der Waals surface area contributed by atoms with Crippen LogP contribution in [0.25, 0.3) is 0 Å². The molecule has 2 aliphatic heterocycles. The highest BCUT2D eigenvalue weighted by atomic mass is 35.5. The molecule has 1 N–H and O–H groups in total. The van der Waals surface area contributed by atoms with Crippen LogP contribution in [0.3, 0.4) is 0 Å². The van der Waals surface area contributed by atoms with Gasteiger partial charge in [0.25, 0.3) is 0 Å². The van der Waals surface area contributed by atoms with Crippen molar-refractivity contribution in [2.75, 3.05) is 32.7 Å². The highest BCUT2D eigenvalue weighted by Gasteiger charge is 2.36. The monoisotopic (exact) mass is 456 g/mol. The Morgan fingerprint density at radius 1 is 0.968 bits per heavy atom. The summed E-state index contributed by atoms with van der Waals surface area (Å²) in [6.07, 6.45) is -0.471. The Morgan fingerprint density at radius 2 is 1.58 bits per heavy atom. The van der Waals surface area contributed by atoms with E-state index < -0.39 is 6.10 Å². The Morgan fingerprint density at radius 3 is 2.16 bits per heavy atom. The number of nitrogens with zero attached hydrogens (tertiary/aromatic N) is 2. The maximum absolute atomic E-state index is 13.6. The van der Waals surface area contributed by atoms with Gasteiger partial charge in [-0.05, 0) is 23.6 Å². The molecule has 2 aliphatic rings. The molecule has 2 aromatic carbocycles. The number of ether oxygens (including phenoxy) is 1. The first-order valence-electron chi connectivity index (χ1n) is 10.3. The summed E-state index contributed by atoms with van der Waals surface area (Å²) in [5.41, 5.74) is 1.86. The quantitative estimate of drug-likeness (QED) is 0.636. The van der Waals surface area contributed by atoms with Gasteiger partial charge < -0.3 is 14.7 Å². The van der Waals surface area contributed by atoms with Gasteiger partial charge in [0.05, 0.1) is 5.92 Å². The molecule has 7 heteroatoms. The van der Waals surface area contributed by atoms with Gasteiger partial charge in [-0.2, -0.15) is 0 Å². The van der Waals surface area contributed by atoms with Gasteiger partial charge in [-0.25, -0.2) is 0 Å². The van der Waals surface area contributed by atoms with Gasteiger partial charge in [-0.15, -0.1) is 23.7 Å². The number of halogens is 1. The molecule has 0 spiro atoms. The Balaban J connectivity index is 0.00000231. The second kappa shape index (κ2) is 9.40. The van der Waals surface area contributed by atoms with E-state index in [0.29, 0.717) is 19.6 Å². The van der Waals surface area contributed by atoms with Gasteiger partial charge in [0.2, 0.25) is 5.91 Å². The minimum atomic E-state index is -0.471. The van der Waals surface area contributed by atoms with Crippen LogP contribution in [-0.2, 0) is 4.79 Å². The number of β-amino-alcohol motifs (C(OH)–C–C–N with tert-alkyl or cyclic N) is 1. The number of thiophene rings is 1. The average molecular weight is 457 g/mol. The van der Waals surface area contributed by atoms with Gasteiger partial charge in [0.15, 0.2) is 0 Å². The number of fused-ring (bicyclic) bond motifs is 2. The molecule has 1 aromatic heterocycles. The summed E-state index contributed by atoms with van der Waals surface area (Å²) >= 11 is 1.58. The van der Waals surface area contributed by atoms with E-state index in [4.69, 9.17) is 4.74 Å². The zero-order valence-corrected chi connectivity index (χ0v) is 18.6. The maximum atomic E-state index is 13.6. The lowest BCUT2D eigenvalue weighted by atomic mass is 9.86. The molecule has 5 rings (SSSR count). The molecule has 3 heterocycles. The predicted octanol–water partition coefficient (Wildman–Crippen LogP) is 4.29. The van der Waals surface area contributed by atoms with E-state index >= 15 is 0 Å². The molecule has 31 heavy (non-hydrogen) atoms. The Hall–Kier alpha value is -2.38. The van der Waals surface area contributed by atoms with Crippen LogP contribution in [-0.4, -0.2) is 53.5 Å². The van der Waals surface area contributed by atoms with Crippen molar-refractivity contribution in [1.29, 1.82) is 0 Å². The van der Waals surface area contributed by atoms with Crippen molar-refractivity contribution in [3.8, 4) is 11.5 Å². The fraction of sp³-hybridized carbons (Fsp3) is 0.292. The Labute approximate surface area is 192 Å². The molecule has 1 atom stereocenters. The largest absolute Gasteiger partial charge is 0.457 e. The van der Waals surface area contributed by atoms with Crippen molar-refractivity contribution in [2.24, 2.45) is 0 Å². The number of aliphatic hydroxyl groups is 1. The molecule has 1 fully saturated rings. The van der Waals surface area contributed by atoms with Gasteiger partial charge in [-0.1, -0.05) is 42.5 Å². The van der Waals surface area contributed by atoms with Crippen molar-refractivity contribution in [1.82, 2.24) is 9.80 Å². The number of para-hydroxylation sites is 2. The molecular weight excluding hydrogens is 432 g/mol. The molecule has 0 saturated carbocycles. The van der Waals surface area contributed by atoms with E-state index in [-0.39, 0.29) is 24.2 Å². The lowest BCUT2D eigenvalue weighted by Crippen LogP contribution is -2.51. The van der Waals surface area contributed by atoms with Crippen molar-refractivity contribution < 1.29 is 14.6 Å². The molecule has 1 amide bonds. The summed E-state index contributed by atoms with van der Waals surface area (Å²) in [5, 5.41) is 12.4. The van der Waals surface area contributed by atoms with Crippen molar-refractivity contribution in [3.63, 3.8) is 0 Å². The average Bonchev–Trinajstić information content (AvgIpc) is 3.33. The summed E-state index contributed by atoms with van der Waals surface area (Å²) in [7, 11) is 0. The number of piperazine rings is 1. The second-order valence-corrected chi connectivity index (χ2v) is 8.75. The molecule has 1 saturated heterocycles. The van der Waals surface area contributed by atoms with Crippen molar-refractivity contribution in [2.45, 2.75) is 12.0 Å². The zero-order chi connectivity index (χ0) is 20.5. The van der Waals surface area contributed by atoms with Gasteiger partial charge in [-0.3, -0.25) is 9.69 Å². The fourth-order valence-electron chi connectivity index (χ4n) is 4.32. The maximum Gasteiger partial charge on any atom is 0.234 e. The summed E-state index contributed by atoms with van der Waals surface area (Å²) in [6.45, 7) is 3.46. The summed E-state index contributed by atoms with van der Waals surface area (Å²) in [6, 6.07) is 19.5. The van der Waals surface area contributed by atoms with Gasteiger partial charge in [0, 0.05) is 48.7 Å². The third-order valence-corrected chi connectivity index (χ3v) is 6.89. The highest BCUT2D eigenvalue weighted by Crippen LogP contribution is 2.44. The van der Waals surface area contributed by atoms with E-state index in [0.717, 1.165) is 40.6 Å². The molecular formula is C24H25ClN2O3S. The smallest absolute Gasteiger partial charge is 0.234 e. The van der Waals surface area contributed by atoms with Crippen LogP contribution in [0.15, 0.2) is 66.0 Å². The van der Waals surface area contributed by atoms with E-state index in [9.17, 15) is 9.90 Å². The SMILES string of the molecule is Cl.O=C(C1c2ccccc2Oc2ccccc21)N1CCN(CC(O)c2cccs2)CC1. The van der Waals surface area contributed by atoms with Crippen LogP contribution < -0.4 is 4.74 Å². The topological polar surface area (TPSA) is 53.0 Å². The third-order valence-electron chi connectivity index (χ3n) is 5.91. The third kappa shape index (κ3) is 4.34. The van der Waals surface area contributed by atoms with Crippen molar-refractivity contribution in [3.05, 3.63) is 82.0 Å². The van der Waals surface area contributed by atoms with E-state index in [1.54, 1.807) is 11.3 Å². The lowest BCUT2D eigenvalue weighted by Gasteiger charge is -2.38. The number of aliphatic hydroxyl groups excluding tert-OH is 1. The van der Waals surface area contributed by atoms with Gasteiger partial charge in [0.1, 0.15) is 17.6 Å². The lowest BCUT2D eigenvalue weighted by molar-refractivity contribution is -0.133. The summed E-state index contributed by atoms with van der Waals surface area (Å²) in [5.74, 6) is 1.30. The minimum absolute atomic E-state index is 0. The molecule has 0 radical (unpaired) electrons. The zero-order valence-electron chi connectivity index (χ0n) is 17.0. The number of hydrogen-bond donors (Lipinski definition) is 1. The van der Waals surface area contributed by atoms with E-state index in [2.05, 4.69) is 4.90 Å². The van der Waals surface area contributed by atoms with Gasteiger partial charge >= 0.3 is 0 Å². The molecule has 3 aromatic rings. The number of carbonyl (C=O) groups excluding carboxylic acids is 1. The molecule has 0 aliphatic carbocycles. The number of carbonyl (C=O) groups is 1. The molecule has 5 nitrogen and oxygen atoms in total. The number of amides is 1. The first-order valence-corrected chi connectivity index (χ1v) is 11.2. The second-order valence-electron chi connectivity index (χ2n) is 7.77. The molecule has 0 bridgehead atoms. The van der Waals surface area contributed by atoms with Crippen LogP contribution in [0.2, 0.25) is 0 Å². The minimum Gasteiger partial charge on any atom is -0.457 e. The first kappa shape index (κ1) is 21.8. The predicted molar refractivity (Wildman–Crippen MR) is 124 cm³/mol. The summed E-state index contributed by atoms with van der Waals surface area (Å²) in [4.78, 5) is 18.8. The van der Waals surface area contributed by atoms with Crippen LogP contribution >= 0.6 is 23.7 Å². The highest BCUT2D eigenvalue weighted by molar-refractivity contribution is 7.10. The van der Waals surface area contributed by atoms with Crippen molar-refractivity contribution >= 4 is 29.7 Å². The molecule has 162 valence electrons. The van der Waals surface area contributed by atoms with Crippen LogP contribution in [0.4, 0.5) is 0 Å². The van der Waals surface area contributed by atoms with Crippen LogP contribution in [0.5, 0.6) is 11.5 Å². The first-order chi connectivity index (χ1) is 14.7. The van der Waals surface area contributed by atoms with E-state index in [1.165, 1.54) is 0 Å².